The fraction of sp³-hybridized carbons (Fsp3) is 0.174. The normalized spacial score (nSPS) is 14.1. The second-order valence-corrected chi connectivity index (χ2v) is 6.93. The van der Waals surface area contributed by atoms with E-state index < -0.39 is 0 Å². The fourth-order valence-electron chi connectivity index (χ4n) is 3.80. The van der Waals surface area contributed by atoms with Crippen molar-refractivity contribution in [2.24, 2.45) is 0 Å². The number of halogens is 1. The van der Waals surface area contributed by atoms with Crippen LogP contribution in [-0.4, -0.2) is 31.2 Å². The highest BCUT2D eigenvalue weighted by Crippen LogP contribution is 2.33. The average molecular weight is 435 g/mol. The predicted octanol–water partition coefficient (Wildman–Crippen LogP) is 5.12. The van der Waals surface area contributed by atoms with Crippen molar-refractivity contribution in [1.82, 2.24) is 10.3 Å². The molecule has 0 radical (unpaired) electrons. The minimum absolute atomic E-state index is 0. The van der Waals surface area contributed by atoms with Crippen LogP contribution in [0, 0.1) is 0 Å². The Morgan fingerprint density at radius 3 is 1.93 bits per heavy atom. The Bertz CT molecular complexity index is 1030. The summed E-state index contributed by atoms with van der Waals surface area (Å²) in [6, 6.07) is 25.4. The first-order chi connectivity index (χ1) is 13.4. The van der Waals surface area contributed by atoms with E-state index in [0.29, 0.717) is 0 Å². The number of fused-ring (bicyclic) bond motifs is 2. The number of aromatic nitrogens is 1. The highest BCUT2D eigenvalue weighted by Gasteiger charge is 2.11. The van der Waals surface area contributed by atoms with Crippen LogP contribution < -0.4 is 15.5 Å². The molecule has 4 aromatic rings. The van der Waals surface area contributed by atoms with Gasteiger partial charge in [-0.25, -0.2) is 4.98 Å². The third-order valence-corrected chi connectivity index (χ3v) is 5.21. The SMILES string of the molecule is Br.c1ccc2c(Nc3ccc(N4CCNCC4)cc3)c3ccccc3nc2c1. The Hall–Kier alpha value is -2.63. The highest BCUT2D eigenvalue weighted by molar-refractivity contribution is 8.93. The Morgan fingerprint density at radius 1 is 0.750 bits per heavy atom. The molecule has 1 aliphatic heterocycles. The average Bonchev–Trinajstić information content (AvgIpc) is 2.75. The van der Waals surface area contributed by atoms with Crippen molar-refractivity contribution in [1.29, 1.82) is 0 Å². The van der Waals surface area contributed by atoms with E-state index in [9.17, 15) is 0 Å². The van der Waals surface area contributed by atoms with Gasteiger partial charge in [0.2, 0.25) is 0 Å². The van der Waals surface area contributed by atoms with Crippen molar-refractivity contribution in [3.63, 3.8) is 0 Å². The van der Waals surface area contributed by atoms with E-state index in [4.69, 9.17) is 4.98 Å². The van der Waals surface area contributed by atoms with Gasteiger partial charge in [0, 0.05) is 48.3 Å². The van der Waals surface area contributed by atoms with Crippen LogP contribution in [0.3, 0.4) is 0 Å². The van der Waals surface area contributed by atoms with Crippen molar-refractivity contribution in [2.45, 2.75) is 0 Å². The molecule has 1 aliphatic rings. The summed E-state index contributed by atoms with van der Waals surface area (Å²) in [5.74, 6) is 0. The van der Waals surface area contributed by atoms with Gasteiger partial charge in [0.05, 0.1) is 16.7 Å². The number of hydrogen-bond donors (Lipinski definition) is 2. The number of para-hydroxylation sites is 2. The third-order valence-electron chi connectivity index (χ3n) is 5.21. The summed E-state index contributed by atoms with van der Waals surface area (Å²) in [7, 11) is 0. The van der Waals surface area contributed by atoms with Gasteiger partial charge in [-0.15, -0.1) is 17.0 Å². The standard InChI is InChI=1S/C23H22N4.BrH/c1-3-7-21-19(5-1)23(20-6-2-4-8-22(20)26-21)25-17-9-11-18(12-10-17)27-15-13-24-14-16-27;/h1-12,24H,13-16H2,(H,25,26);1H. The van der Waals surface area contributed by atoms with Crippen LogP contribution >= 0.6 is 17.0 Å². The zero-order valence-corrected chi connectivity index (χ0v) is 17.3. The van der Waals surface area contributed by atoms with Crippen LogP contribution in [0.15, 0.2) is 72.8 Å². The molecule has 0 aliphatic carbocycles. The van der Waals surface area contributed by atoms with Gasteiger partial charge in [-0.1, -0.05) is 36.4 Å². The molecule has 0 amide bonds. The second kappa shape index (κ2) is 8.17. The summed E-state index contributed by atoms with van der Waals surface area (Å²) in [4.78, 5) is 7.23. The van der Waals surface area contributed by atoms with Gasteiger partial charge < -0.3 is 15.5 Å². The number of anilines is 3. The van der Waals surface area contributed by atoms with Gasteiger partial charge in [0.1, 0.15) is 0 Å². The molecule has 1 aromatic heterocycles. The van der Waals surface area contributed by atoms with E-state index in [1.165, 1.54) is 5.69 Å². The molecule has 2 N–H and O–H groups in total. The van der Waals surface area contributed by atoms with Crippen LogP contribution in [0.1, 0.15) is 0 Å². The second-order valence-electron chi connectivity index (χ2n) is 6.93. The lowest BCUT2D eigenvalue weighted by atomic mass is 10.1. The lowest BCUT2D eigenvalue weighted by molar-refractivity contribution is 0.589. The van der Waals surface area contributed by atoms with E-state index in [2.05, 4.69) is 76.2 Å². The Kier molecular flexibility index (Phi) is 5.46. The first-order valence-electron chi connectivity index (χ1n) is 9.49. The van der Waals surface area contributed by atoms with Crippen molar-refractivity contribution < 1.29 is 0 Å². The maximum absolute atomic E-state index is 4.80. The predicted molar refractivity (Wildman–Crippen MR) is 124 cm³/mol. The number of hydrogen-bond acceptors (Lipinski definition) is 4. The number of nitrogens with zero attached hydrogens (tertiary/aromatic N) is 2. The van der Waals surface area contributed by atoms with Crippen LogP contribution in [0.25, 0.3) is 21.8 Å². The number of rotatable bonds is 3. The highest BCUT2D eigenvalue weighted by atomic mass is 79.9. The van der Waals surface area contributed by atoms with Crippen molar-refractivity contribution in [3.8, 4) is 0 Å². The summed E-state index contributed by atoms with van der Waals surface area (Å²) >= 11 is 0. The topological polar surface area (TPSA) is 40.2 Å². The fourth-order valence-corrected chi connectivity index (χ4v) is 3.80. The van der Waals surface area contributed by atoms with Gasteiger partial charge in [0.25, 0.3) is 0 Å². The van der Waals surface area contributed by atoms with E-state index in [0.717, 1.165) is 59.4 Å². The molecule has 142 valence electrons. The Labute approximate surface area is 175 Å². The third kappa shape index (κ3) is 3.55. The first kappa shape index (κ1) is 18.7. The lowest BCUT2D eigenvalue weighted by Crippen LogP contribution is -2.43. The Balaban J connectivity index is 0.00000192. The maximum atomic E-state index is 4.80. The van der Waals surface area contributed by atoms with Crippen molar-refractivity contribution >= 4 is 55.8 Å². The van der Waals surface area contributed by atoms with Gasteiger partial charge in [0.15, 0.2) is 0 Å². The molecule has 28 heavy (non-hydrogen) atoms. The van der Waals surface area contributed by atoms with Crippen LogP contribution in [0.5, 0.6) is 0 Å². The largest absolute Gasteiger partial charge is 0.369 e. The van der Waals surface area contributed by atoms with E-state index in [1.54, 1.807) is 0 Å². The quantitative estimate of drug-likeness (QED) is 0.439. The minimum Gasteiger partial charge on any atom is -0.369 e. The molecule has 0 saturated carbocycles. The number of nitrogens with one attached hydrogen (secondary N) is 2. The molecule has 1 saturated heterocycles. The summed E-state index contributed by atoms with van der Waals surface area (Å²) in [5.41, 5.74) is 5.51. The van der Waals surface area contributed by atoms with Crippen molar-refractivity contribution in [2.75, 3.05) is 36.4 Å². The van der Waals surface area contributed by atoms with Crippen LogP contribution in [-0.2, 0) is 0 Å². The van der Waals surface area contributed by atoms with E-state index >= 15 is 0 Å². The summed E-state index contributed by atoms with van der Waals surface area (Å²) in [5, 5.41) is 9.33. The summed E-state index contributed by atoms with van der Waals surface area (Å²) in [6.45, 7) is 4.23. The molecule has 1 fully saturated rings. The first-order valence-corrected chi connectivity index (χ1v) is 9.49. The molecule has 0 unspecified atom stereocenters. The van der Waals surface area contributed by atoms with E-state index in [1.807, 2.05) is 12.1 Å². The number of benzene rings is 3. The minimum atomic E-state index is 0. The van der Waals surface area contributed by atoms with E-state index in [-0.39, 0.29) is 17.0 Å². The molecular formula is C23H23BrN4. The van der Waals surface area contributed by atoms with Gasteiger partial charge in [-0.05, 0) is 36.4 Å². The number of pyridine rings is 1. The Morgan fingerprint density at radius 2 is 1.32 bits per heavy atom. The zero-order valence-electron chi connectivity index (χ0n) is 15.6. The molecule has 2 heterocycles. The summed E-state index contributed by atoms with van der Waals surface area (Å²) in [6.07, 6.45) is 0. The van der Waals surface area contributed by atoms with Gasteiger partial charge in [-0.3, -0.25) is 0 Å². The van der Waals surface area contributed by atoms with Gasteiger partial charge >= 0.3 is 0 Å². The van der Waals surface area contributed by atoms with Crippen molar-refractivity contribution in [3.05, 3.63) is 72.8 Å². The van der Waals surface area contributed by atoms with Crippen LogP contribution in [0.2, 0.25) is 0 Å². The lowest BCUT2D eigenvalue weighted by Gasteiger charge is -2.29. The monoisotopic (exact) mass is 434 g/mol. The number of piperazine rings is 1. The molecule has 4 nitrogen and oxygen atoms in total. The smallest absolute Gasteiger partial charge is 0.0730 e. The molecule has 5 rings (SSSR count). The molecule has 0 bridgehead atoms. The van der Waals surface area contributed by atoms with Gasteiger partial charge in [-0.2, -0.15) is 0 Å². The summed E-state index contributed by atoms with van der Waals surface area (Å²) < 4.78 is 0. The molecular weight excluding hydrogens is 412 g/mol. The maximum Gasteiger partial charge on any atom is 0.0730 e. The molecule has 5 heteroatoms. The zero-order chi connectivity index (χ0) is 18.1. The molecule has 0 atom stereocenters. The molecule has 3 aromatic carbocycles. The van der Waals surface area contributed by atoms with Crippen LogP contribution in [0.4, 0.5) is 17.1 Å². The molecule has 0 spiro atoms.